The summed E-state index contributed by atoms with van der Waals surface area (Å²) in [6.07, 6.45) is 0. The third-order valence-corrected chi connectivity index (χ3v) is 4.15. The number of carbonyl (C=O) groups excluding carboxylic acids is 1. The number of hydrogen-bond acceptors (Lipinski definition) is 2. The number of thiocarbonyl (C=S) groups is 1. The fourth-order valence-electron chi connectivity index (χ4n) is 2.60. The zero-order valence-electron chi connectivity index (χ0n) is 11.6. The largest absolute Gasteiger partial charge is 0.341 e. The summed E-state index contributed by atoms with van der Waals surface area (Å²) < 4.78 is 26.4. The average molecular weight is 318 g/mol. The molecule has 1 amide bonds. The van der Waals surface area contributed by atoms with Gasteiger partial charge >= 0.3 is 0 Å². The van der Waals surface area contributed by atoms with E-state index in [1.54, 1.807) is 7.05 Å². The molecule has 1 aliphatic heterocycles. The van der Waals surface area contributed by atoms with E-state index in [0.717, 1.165) is 0 Å². The van der Waals surface area contributed by atoms with Crippen LogP contribution in [0.15, 0.2) is 48.5 Å². The Morgan fingerprint density at radius 2 is 1.36 bits per heavy atom. The number of rotatable bonds is 2. The van der Waals surface area contributed by atoms with Gasteiger partial charge in [0, 0.05) is 7.05 Å². The van der Waals surface area contributed by atoms with Gasteiger partial charge in [-0.1, -0.05) is 24.3 Å². The first-order valence-electron chi connectivity index (χ1n) is 6.57. The zero-order chi connectivity index (χ0) is 15.9. The van der Waals surface area contributed by atoms with Gasteiger partial charge in [-0.15, -0.1) is 0 Å². The molecule has 0 saturated carbocycles. The highest BCUT2D eigenvalue weighted by Crippen LogP contribution is 2.35. The lowest BCUT2D eigenvalue weighted by atomic mass is 9.82. The second kappa shape index (κ2) is 5.14. The topological polar surface area (TPSA) is 32.3 Å². The van der Waals surface area contributed by atoms with Crippen LogP contribution in [0.2, 0.25) is 0 Å². The van der Waals surface area contributed by atoms with Crippen molar-refractivity contribution in [3.8, 4) is 0 Å². The molecule has 0 radical (unpaired) electrons. The van der Waals surface area contributed by atoms with Crippen LogP contribution in [0.25, 0.3) is 0 Å². The molecule has 0 aliphatic carbocycles. The van der Waals surface area contributed by atoms with E-state index in [-0.39, 0.29) is 11.0 Å². The zero-order valence-corrected chi connectivity index (χ0v) is 12.5. The van der Waals surface area contributed by atoms with Gasteiger partial charge in [0.2, 0.25) is 0 Å². The molecule has 2 aromatic rings. The maximum Gasteiger partial charge on any atom is 0.263 e. The van der Waals surface area contributed by atoms with Crippen LogP contribution in [0.3, 0.4) is 0 Å². The van der Waals surface area contributed by atoms with E-state index < -0.39 is 17.2 Å². The van der Waals surface area contributed by atoms with Gasteiger partial charge in [0.15, 0.2) is 10.7 Å². The van der Waals surface area contributed by atoms with Crippen LogP contribution in [-0.4, -0.2) is 23.0 Å². The Labute approximate surface area is 131 Å². The second-order valence-electron chi connectivity index (χ2n) is 5.06. The molecular weight excluding hydrogens is 306 g/mol. The van der Waals surface area contributed by atoms with Crippen molar-refractivity contribution in [2.45, 2.75) is 5.54 Å². The van der Waals surface area contributed by atoms with Crippen molar-refractivity contribution >= 4 is 23.2 Å². The second-order valence-corrected chi connectivity index (χ2v) is 5.44. The minimum absolute atomic E-state index is 0.263. The molecule has 22 heavy (non-hydrogen) atoms. The highest BCUT2D eigenvalue weighted by atomic mass is 32.1. The molecule has 2 aromatic carbocycles. The molecule has 3 rings (SSSR count). The molecule has 0 unspecified atom stereocenters. The highest BCUT2D eigenvalue weighted by Gasteiger charge is 2.50. The summed E-state index contributed by atoms with van der Waals surface area (Å²) in [5, 5.41) is 3.26. The quantitative estimate of drug-likeness (QED) is 0.864. The minimum Gasteiger partial charge on any atom is -0.341 e. The van der Waals surface area contributed by atoms with Crippen molar-refractivity contribution in [2.75, 3.05) is 7.05 Å². The fraction of sp³-hybridized carbons (Fsp3) is 0.125. The number of hydrogen-bond donors (Lipinski definition) is 1. The minimum atomic E-state index is -1.27. The molecule has 1 N–H and O–H groups in total. The highest BCUT2D eigenvalue weighted by molar-refractivity contribution is 7.80. The van der Waals surface area contributed by atoms with Crippen molar-refractivity contribution in [1.82, 2.24) is 10.2 Å². The van der Waals surface area contributed by atoms with Crippen molar-refractivity contribution < 1.29 is 13.6 Å². The Morgan fingerprint density at radius 1 is 0.955 bits per heavy atom. The van der Waals surface area contributed by atoms with Gasteiger partial charge in [0.05, 0.1) is 0 Å². The molecule has 0 aromatic heterocycles. The van der Waals surface area contributed by atoms with Crippen molar-refractivity contribution in [3.63, 3.8) is 0 Å². The van der Waals surface area contributed by atoms with Gasteiger partial charge in [-0.3, -0.25) is 9.69 Å². The van der Waals surface area contributed by atoms with E-state index in [2.05, 4.69) is 5.32 Å². The number of carbonyl (C=O) groups is 1. The molecule has 0 bridgehead atoms. The molecule has 112 valence electrons. The number of nitrogens with zero attached hydrogens (tertiary/aromatic N) is 1. The SMILES string of the molecule is CN1C(=O)C(c2ccc(F)cc2)(c2ccc(F)cc2)NC1=S. The van der Waals surface area contributed by atoms with Crippen molar-refractivity contribution in [3.05, 3.63) is 71.3 Å². The molecule has 3 nitrogen and oxygen atoms in total. The van der Waals surface area contributed by atoms with Crippen molar-refractivity contribution in [2.24, 2.45) is 0 Å². The van der Waals surface area contributed by atoms with Crippen LogP contribution in [0.1, 0.15) is 11.1 Å². The van der Waals surface area contributed by atoms with E-state index >= 15 is 0 Å². The van der Waals surface area contributed by atoms with E-state index in [4.69, 9.17) is 12.2 Å². The summed E-state index contributed by atoms with van der Waals surface area (Å²) in [6.45, 7) is 0. The van der Waals surface area contributed by atoms with Crippen LogP contribution >= 0.6 is 12.2 Å². The molecule has 0 spiro atoms. The Balaban J connectivity index is 2.23. The molecule has 0 atom stereocenters. The van der Waals surface area contributed by atoms with Crippen LogP contribution < -0.4 is 5.32 Å². The summed E-state index contributed by atoms with van der Waals surface area (Å²) in [5.41, 5.74) is -0.192. The molecular formula is C16H12F2N2OS. The van der Waals surface area contributed by atoms with Gasteiger partial charge in [-0.05, 0) is 47.6 Å². The number of amides is 1. The normalized spacial score (nSPS) is 16.8. The molecule has 1 saturated heterocycles. The summed E-state index contributed by atoms with van der Waals surface area (Å²) in [4.78, 5) is 14.1. The maximum absolute atomic E-state index is 13.2. The predicted octanol–water partition coefficient (Wildman–Crippen LogP) is 2.55. The number of benzene rings is 2. The third-order valence-electron chi connectivity index (χ3n) is 3.78. The van der Waals surface area contributed by atoms with Crippen LogP contribution in [0, 0.1) is 11.6 Å². The Bertz CT molecular complexity index is 698. The third kappa shape index (κ3) is 2.07. The fourth-order valence-corrected chi connectivity index (χ4v) is 2.84. The number of likely N-dealkylation sites (N-methyl/N-ethyl adjacent to an activating group) is 1. The Kier molecular flexibility index (Phi) is 3.41. The van der Waals surface area contributed by atoms with E-state index in [9.17, 15) is 13.6 Å². The van der Waals surface area contributed by atoms with Gasteiger partial charge < -0.3 is 5.32 Å². The van der Waals surface area contributed by atoms with Crippen LogP contribution in [0.5, 0.6) is 0 Å². The first kappa shape index (κ1) is 14.6. The molecule has 1 heterocycles. The summed E-state index contributed by atoms with van der Waals surface area (Å²) in [5.74, 6) is -1.10. The molecule has 1 aliphatic rings. The summed E-state index contributed by atoms with van der Waals surface area (Å²) in [7, 11) is 1.56. The van der Waals surface area contributed by atoms with E-state index in [0.29, 0.717) is 11.1 Å². The number of nitrogens with one attached hydrogen (secondary N) is 1. The molecule has 1 fully saturated rings. The molecule has 6 heteroatoms. The predicted molar refractivity (Wildman–Crippen MR) is 82.1 cm³/mol. The first-order chi connectivity index (χ1) is 10.4. The van der Waals surface area contributed by atoms with Gasteiger partial charge in [0.25, 0.3) is 5.91 Å². The average Bonchev–Trinajstić information content (AvgIpc) is 2.74. The summed E-state index contributed by atoms with van der Waals surface area (Å²) >= 11 is 5.17. The lowest BCUT2D eigenvalue weighted by Crippen LogP contribution is -2.44. The van der Waals surface area contributed by atoms with Gasteiger partial charge in [0.1, 0.15) is 11.6 Å². The van der Waals surface area contributed by atoms with Gasteiger partial charge in [-0.2, -0.15) is 0 Å². The van der Waals surface area contributed by atoms with Gasteiger partial charge in [-0.25, -0.2) is 8.78 Å². The number of halogens is 2. The monoisotopic (exact) mass is 318 g/mol. The van der Waals surface area contributed by atoms with Crippen LogP contribution in [0.4, 0.5) is 8.78 Å². The smallest absolute Gasteiger partial charge is 0.263 e. The Morgan fingerprint density at radius 3 is 1.68 bits per heavy atom. The van der Waals surface area contributed by atoms with E-state index in [1.807, 2.05) is 0 Å². The maximum atomic E-state index is 13.2. The lowest BCUT2D eigenvalue weighted by molar-refractivity contribution is -0.129. The standard InChI is InChI=1S/C16H12F2N2OS/c1-20-14(21)16(19-15(20)22,10-2-6-12(17)7-3-10)11-4-8-13(18)9-5-11/h2-9H,1H3,(H,19,22). The lowest BCUT2D eigenvalue weighted by Gasteiger charge is -2.28. The van der Waals surface area contributed by atoms with Crippen LogP contribution in [-0.2, 0) is 10.3 Å². The van der Waals surface area contributed by atoms with Crippen molar-refractivity contribution in [1.29, 1.82) is 0 Å². The van der Waals surface area contributed by atoms with E-state index in [1.165, 1.54) is 53.4 Å². The first-order valence-corrected chi connectivity index (χ1v) is 6.98. The summed E-state index contributed by atoms with van der Waals surface area (Å²) in [6, 6.07) is 11.2. The Hall–Kier alpha value is -2.34.